The van der Waals surface area contributed by atoms with Gasteiger partial charge in [0.2, 0.25) is 0 Å². The first-order valence-corrected chi connectivity index (χ1v) is 6.99. The standard InChI is InChI=1S/C15H24N2O2/c1-4-5-8-17(11-6-7-11)13-10-15(19-3)14(18-2)9-12(13)16/h9-11H,4-8,16H2,1-3H3. The molecule has 0 aromatic heterocycles. The first-order chi connectivity index (χ1) is 9.21. The molecule has 0 radical (unpaired) electrons. The van der Waals surface area contributed by atoms with E-state index in [0.717, 1.165) is 23.7 Å². The quantitative estimate of drug-likeness (QED) is 0.769. The third-order valence-corrected chi connectivity index (χ3v) is 3.58. The maximum Gasteiger partial charge on any atom is 0.162 e. The van der Waals surface area contributed by atoms with Gasteiger partial charge in [-0.3, -0.25) is 0 Å². The fourth-order valence-electron chi connectivity index (χ4n) is 2.35. The molecule has 0 amide bonds. The van der Waals surface area contributed by atoms with E-state index < -0.39 is 0 Å². The van der Waals surface area contributed by atoms with Crippen LogP contribution in [-0.4, -0.2) is 26.8 Å². The first kappa shape index (κ1) is 13.8. The number of ether oxygens (including phenoxy) is 2. The minimum atomic E-state index is 0.645. The molecule has 1 fully saturated rings. The van der Waals surface area contributed by atoms with E-state index in [0.29, 0.717) is 11.8 Å². The molecule has 0 heterocycles. The maximum absolute atomic E-state index is 6.18. The van der Waals surface area contributed by atoms with E-state index in [2.05, 4.69) is 11.8 Å². The molecule has 1 saturated carbocycles. The monoisotopic (exact) mass is 264 g/mol. The summed E-state index contributed by atoms with van der Waals surface area (Å²) in [5.74, 6) is 1.43. The SMILES string of the molecule is CCCCN(c1cc(OC)c(OC)cc1N)C1CC1. The van der Waals surface area contributed by atoms with Crippen molar-refractivity contribution in [2.24, 2.45) is 0 Å². The van der Waals surface area contributed by atoms with Gasteiger partial charge in [0.25, 0.3) is 0 Å². The van der Waals surface area contributed by atoms with Crippen LogP contribution in [0, 0.1) is 0 Å². The van der Waals surface area contributed by atoms with Gasteiger partial charge in [0.05, 0.1) is 25.6 Å². The number of rotatable bonds is 7. The molecular formula is C15H24N2O2. The van der Waals surface area contributed by atoms with E-state index in [1.807, 2.05) is 12.1 Å². The Bertz CT molecular complexity index is 430. The van der Waals surface area contributed by atoms with Crippen molar-refractivity contribution >= 4 is 11.4 Å². The molecular weight excluding hydrogens is 240 g/mol. The molecule has 2 N–H and O–H groups in total. The summed E-state index contributed by atoms with van der Waals surface area (Å²) in [6, 6.07) is 4.50. The number of methoxy groups -OCH3 is 2. The molecule has 0 aliphatic heterocycles. The number of nitrogen functional groups attached to an aromatic ring is 1. The lowest BCUT2D eigenvalue weighted by Crippen LogP contribution is -2.27. The van der Waals surface area contributed by atoms with Crippen molar-refractivity contribution < 1.29 is 9.47 Å². The molecule has 0 unspecified atom stereocenters. The number of unbranched alkanes of at least 4 members (excludes halogenated alkanes) is 1. The van der Waals surface area contributed by atoms with Gasteiger partial charge in [0.1, 0.15) is 0 Å². The summed E-state index contributed by atoms with van der Waals surface area (Å²) in [4.78, 5) is 2.42. The summed E-state index contributed by atoms with van der Waals surface area (Å²) >= 11 is 0. The predicted octanol–water partition coefficient (Wildman–Crippen LogP) is 3.05. The molecule has 19 heavy (non-hydrogen) atoms. The highest BCUT2D eigenvalue weighted by atomic mass is 16.5. The minimum Gasteiger partial charge on any atom is -0.493 e. The van der Waals surface area contributed by atoms with Gasteiger partial charge in [-0.15, -0.1) is 0 Å². The Balaban J connectivity index is 2.30. The van der Waals surface area contributed by atoms with Crippen molar-refractivity contribution in [1.29, 1.82) is 0 Å². The zero-order valence-corrected chi connectivity index (χ0v) is 12.1. The van der Waals surface area contributed by atoms with Crippen LogP contribution >= 0.6 is 0 Å². The van der Waals surface area contributed by atoms with Gasteiger partial charge in [-0.25, -0.2) is 0 Å². The Kier molecular flexibility index (Phi) is 4.40. The van der Waals surface area contributed by atoms with Crippen molar-refractivity contribution in [3.8, 4) is 11.5 Å². The smallest absolute Gasteiger partial charge is 0.162 e. The van der Waals surface area contributed by atoms with Crippen LogP contribution in [0.3, 0.4) is 0 Å². The number of hydrogen-bond acceptors (Lipinski definition) is 4. The lowest BCUT2D eigenvalue weighted by atomic mass is 10.2. The zero-order chi connectivity index (χ0) is 13.8. The molecule has 1 aromatic rings. The number of nitrogens with two attached hydrogens (primary N) is 1. The van der Waals surface area contributed by atoms with Crippen molar-refractivity contribution in [1.82, 2.24) is 0 Å². The second-order valence-corrected chi connectivity index (χ2v) is 5.04. The molecule has 4 nitrogen and oxygen atoms in total. The number of nitrogens with zero attached hydrogens (tertiary/aromatic N) is 1. The average Bonchev–Trinajstić information content (AvgIpc) is 3.24. The van der Waals surface area contributed by atoms with Gasteiger partial charge < -0.3 is 20.1 Å². The van der Waals surface area contributed by atoms with Crippen LogP contribution < -0.4 is 20.1 Å². The third-order valence-electron chi connectivity index (χ3n) is 3.58. The normalized spacial score (nSPS) is 14.3. The molecule has 4 heteroatoms. The van der Waals surface area contributed by atoms with Crippen LogP contribution in [0.1, 0.15) is 32.6 Å². The number of benzene rings is 1. The predicted molar refractivity (Wildman–Crippen MR) is 79.2 cm³/mol. The topological polar surface area (TPSA) is 47.7 Å². The van der Waals surface area contributed by atoms with Crippen LogP contribution in [0.2, 0.25) is 0 Å². The highest BCUT2D eigenvalue weighted by molar-refractivity contribution is 5.73. The van der Waals surface area contributed by atoms with Crippen LogP contribution in [0.25, 0.3) is 0 Å². The third kappa shape index (κ3) is 3.06. The van der Waals surface area contributed by atoms with Crippen LogP contribution in [0.5, 0.6) is 11.5 Å². The van der Waals surface area contributed by atoms with Crippen LogP contribution in [0.15, 0.2) is 12.1 Å². The van der Waals surface area contributed by atoms with Crippen LogP contribution in [0.4, 0.5) is 11.4 Å². The molecule has 106 valence electrons. The summed E-state index contributed by atoms with van der Waals surface area (Å²) in [5.41, 5.74) is 8.02. The van der Waals surface area contributed by atoms with Gasteiger partial charge in [-0.05, 0) is 19.3 Å². The molecule has 0 saturated heterocycles. The summed E-state index contributed by atoms with van der Waals surface area (Å²) < 4.78 is 10.7. The van der Waals surface area contributed by atoms with E-state index in [1.165, 1.54) is 25.7 Å². The molecule has 0 bridgehead atoms. The van der Waals surface area contributed by atoms with Crippen molar-refractivity contribution in [2.45, 2.75) is 38.6 Å². The Labute approximate surface area is 115 Å². The molecule has 0 spiro atoms. The van der Waals surface area contributed by atoms with Gasteiger partial charge in [-0.1, -0.05) is 13.3 Å². The largest absolute Gasteiger partial charge is 0.493 e. The highest BCUT2D eigenvalue weighted by Gasteiger charge is 2.30. The van der Waals surface area contributed by atoms with Crippen molar-refractivity contribution in [3.63, 3.8) is 0 Å². The van der Waals surface area contributed by atoms with E-state index in [-0.39, 0.29) is 0 Å². The lowest BCUT2D eigenvalue weighted by Gasteiger charge is -2.27. The fraction of sp³-hybridized carbons (Fsp3) is 0.600. The number of anilines is 2. The molecule has 1 aromatic carbocycles. The van der Waals surface area contributed by atoms with Gasteiger partial charge in [-0.2, -0.15) is 0 Å². The highest BCUT2D eigenvalue weighted by Crippen LogP contribution is 2.41. The fourth-order valence-corrected chi connectivity index (χ4v) is 2.35. The number of hydrogen-bond donors (Lipinski definition) is 1. The molecule has 2 rings (SSSR count). The van der Waals surface area contributed by atoms with Gasteiger partial charge >= 0.3 is 0 Å². The molecule has 0 atom stereocenters. The van der Waals surface area contributed by atoms with E-state index in [9.17, 15) is 0 Å². The zero-order valence-electron chi connectivity index (χ0n) is 12.1. The van der Waals surface area contributed by atoms with Gasteiger partial charge in [0, 0.05) is 24.7 Å². The second kappa shape index (κ2) is 6.04. The summed E-state index contributed by atoms with van der Waals surface area (Å²) in [6.45, 7) is 3.27. The van der Waals surface area contributed by atoms with E-state index in [4.69, 9.17) is 15.2 Å². The van der Waals surface area contributed by atoms with Gasteiger partial charge in [0.15, 0.2) is 11.5 Å². The Hall–Kier alpha value is -1.58. The second-order valence-electron chi connectivity index (χ2n) is 5.04. The minimum absolute atomic E-state index is 0.645. The van der Waals surface area contributed by atoms with Crippen molar-refractivity contribution in [3.05, 3.63) is 12.1 Å². The Morgan fingerprint density at radius 2 is 1.84 bits per heavy atom. The van der Waals surface area contributed by atoms with E-state index >= 15 is 0 Å². The molecule has 1 aliphatic carbocycles. The lowest BCUT2D eigenvalue weighted by molar-refractivity contribution is 0.355. The average molecular weight is 264 g/mol. The Morgan fingerprint density at radius 3 is 2.37 bits per heavy atom. The Morgan fingerprint density at radius 1 is 1.21 bits per heavy atom. The van der Waals surface area contributed by atoms with Crippen LogP contribution in [-0.2, 0) is 0 Å². The summed E-state index contributed by atoms with van der Waals surface area (Å²) in [6.07, 6.45) is 4.90. The summed E-state index contributed by atoms with van der Waals surface area (Å²) in [5, 5.41) is 0. The van der Waals surface area contributed by atoms with E-state index in [1.54, 1.807) is 14.2 Å². The van der Waals surface area contributed by atoms with Crippen molar-refractivity contribution in [2.75, 3.05) is 31.4 Å². The summed E-state index contributed by atoms with van der Waals surface area (Å²) in [7, 11) is 3.29. The first-order valence-electron chi connectivity index (χ1n) is 6.99. The maximum atomic E-state index is 6.18. The molecule has 1 aliphatic rings.